The third kappa shape index (κ3) is 2.46. The van der Waals surface area contributed by atoms with Crippen LogP contribution in [-0.4, -0.2) is 29.3 Å². The van der Waals surface area contributed by atoms with Crippen molar-refractivity contribution in [2.45, 2.75) is 19.4 Å². The maximum Gasteiger partial charge on any atom is 0.106 e. The lowest BCUT2D eigenvalue weighted by Gasteiger charge is -2.29. The van der Waals surface area contributed by atoms with Gasteiger partial charge in [-0.2, -0.15) is 0 Å². The average molecular weight is 285 g/mol. The van der Waals surface area contributed by atoms with Crippen LogP contribution in [0, 0.1) is 5.92 Å². The van der Waals surface area contributed by atoms with Crippen molar-refractivity contribution in [3.63, 3.8) is 0 Å². The Labute approximate surface area is 118 Å². The van der Waals surface area contributed by atoms with Gasteiger partial charge in [-0.15, -0.1) is 0 Å². The Morgan fingerprint density at radius 2 is 2.33 bits per heavy atom. The van der Waals surface area contributed by atoms with Crippen molar-refractivity contribution in [1.82, 2.24) is 0 Å². The number of aliphatic hydroxyl groups excluding tert-OH is 1. The minimum atomic E-state index is 0.124. The molecule has 18 heavy (non-hydrogen) atoms. The summed E-state index contributed by atoms with van der Waals surface area (Å²) in [5.41, 5.74) is 7.51. The number of nitrogens with two attached hydrogens (primary N) is 1. The first kappa shape index (κ1) is 13.6. The molecule has 3 N–H and O–H groups in total. The smallest absolute Gasteiger partial charge is 0.106 e. The second-order valence-electron chi connectivity index (χ2n) is 4.73. The zero-order valence-electron chi connectivity index (χ0n) is 10.3. The summed E-state index contributed by atoms with van der Waals surface area (Å²) in [5, 5.41) is 10.1. The molecule has 5 heteroatoms. The summed E-state index contributed by atoms with van der Waals surface area (Å²) < 4.78 is 0. The molecule has 1 fully saturated rings. The first-order valence-electron chi connectivity index (χ1n) is 6.01. The van der Waals surface area contributed by atoms with Gasteiger partial charge in [0, 0.05) is 22.8 Å². The van der Waals surface area contributed by atoms with Gasteiger partial charge in [0.15, 0.2) is 0 Å². The van der Waals surface area contributed by atoms with Gasteiger partial charge in [-0.05, 0) is 30.5 Å². The molecule has 0 bridgehead atoms. The molecular formula is C13H17ClN2OS. The molecule has 1 aliphatic heterocycles. The normalized spacial score (nSPS) is 23.4. The standard InChI is InChI=1S/C13H17ClN2OS/c1-8-4-5-16(12(8)7-17)11-3-2-9(14)6-10(11)13(15)18/h2-3,6,8,12,17H,4-5,7H2,1H3,(H2,15,18). The van der Waals surface area contributed by atoms with E-state index in [4.69, 9.17) is 29.6 Å². The molecule has 0 amide bonds. The Morgan fingerprint density at radius 1 is 1.61 bits per heavy atom. The largest absolute Gasteiger partial charge is 0.394 e. The lowest BCUT2D eigenvalue weighted by Crippen LogP contribution is -2.36. The van der Waals surface area contributed by atoms with Gasteiger partial charge in [0.1, 0.15) is 4.99 Å². The minimum absolute atomic E-state index is 0.124. The van der Waals surface area contributed by atoms with E-state index < -0.39 is 0 Å². The number of rotatable bonds is 3. The highest BCUT2D eigenvalue weighted by Crippen LogP contribution is 2.33. The Bertz CT molecular complexity index is 466. The molecule has 0 aromatic heterocycles. The third-order valence-electron chi connectivity index (χ3n) is 3.60. The third-order valence-corrected chi connectivity index (χ3v) is 4.06. The SMILES string of the molecule is CC1CCN(c2ccc(Cl)cc2C(N)=S)C1CO. The van der Waals surface area contributed by atoms with E-state index in [0.717, 1.165) is 24.2 Å². The number of nitrogens with zero attached hydrogens (tertiary/aromatic N) is 1. The topological polar surface area (TPSA) is 49.5 Å². The van der Waals surface area contributed by atoms with Crippen molar-refractivity contribution in [3.8, 4) is 0 Å². The monoisotopic (exact) mass is 284 g/mol. The predicted molar refractivity (Wildman–Crippen MR) is 79.3 cm³/mol. The molecule has 98 valence electrons. The number of aliphatic hydroxyl groups is 1. The molecule has 2 atom stereocenters. The average Bonchev–Trinajstić information content (AvgIpc) is 2.70. The van der Waals surface area contributed by atoms with Crippen molar-refractivity contribution in [3.05, 3.63) is 28.8 Å². The summed E-state index contributed by atoms with van der Waals surface area (Å²) in [6.07, 6.45) is 1.06. The Kier molecular flexibility index (Phi) is 4.10. The number of halogens is 1. The summed E-state index contributed by atoms with van der Waals surface area (Å²) in [4.78, 5) is 2.51. The molecule has 1 heterocycles. The van der Waals surface area contributed by atoms with Crippen molar-refractivity contribution < 1.29 is 5.11 Å². The minimum Gasteiger partial charge on any atom is -0.394 e. The van der Waals surface area contributed by atoms with Crippen LogP contribution in [0.25, 0.3) is 0 Å². The quantitative estimate of drug-likeness (QED) is 0.836. The molecule has 0 radical (unpaired) electrons. The summed E-state index contributed by atoms with van der Waals surface area (Å²) in [6.45, 7) is 3.20. The summed E-state index contributed by atoms with van der Waals surface area (Å²) >= 11 is 11.1. The number of benzene rings is 1. The van der Waals surface area contributed by atoms with Crippen LogP contribution < -0.4 is 10.6 Å². The summed E-state index contributed by atoms with van der Waals surface area (Å²) in [5.74, 6) is 0.463. The first-order valence-corrected chi connectivity index (χ1v) is 6.80. The fourth-order valence-corrected chi connectivity index (χ4v) is 2.88. The molecule has 0 aliphatic carbocycles. The lowest BCUT2D eigenvalue weighted by atomic mass is 10.0. The predicted octanol–water partition coefficient (Wildman–Crippen LogP) is 2.18. The zero-order chi connectivity index (χ0) is 13.3. The van der Waals surface area contributed by atoms with E-state index in [1.165, 1.54) is 0 Å². The molecule has 2 unspecified atom stereocenters. The van der Waals surface area contributed by atoms with E-state index in [-0.39, 0.29) is 12.6 Å². The fraction of sp³-hybridized carbons (Fsp3) is 0.462. The molecule has 0 spiro atoms. The van der Waals surface area contributed by atoms with Crippen LogP contribution in [-0.2, 0) is 0 Å². The number of anilines is 1. The first-order chi connectivity index (χ1) is 8.54. The Morgan fingerprint density at radius 3 is 2.94 bits per heavy atom. The molecule has 3 nitrogen and oxygen atoms in total. The fourth-order valence-electron chi connectivity index (χ4n) is 2.54. The summed E-state index contributed by atoms with van der Waals surface area (Å²) in [6, 6.07) is 5.67. The van der Waals surface area contributed by atoms with Gasteiger partial charge in [-0.25, -0.2) is 0 Å². The van der Waals surface area contributed by atoms with E-state index in [9.17, 15) is 5.11 Å². The van der Waals surface area contributed by atoms with Gasteiger partial charge in [-0.3, -0.25) is 0 Å². The molecular weight excluding hydrogens is 268 g/mol. The van der Waals surface area contributed by atoms with Crippen molar-refractivity contribution in [2.24, 2.45) is 11.7 Å². The molecule has 1 aromatic carbocycles. The highest BCUT2D eigenvalue weighted by molar-refractivity contribution is 7.80. The van der Waals surface area contributed by atoms with Crippen LogP contribution in [0.1, 0.15) is 18.9 Å². The van der Waals surface area contributed by atoms with Gasteiger partial charge in [0.05, 0.1) is 12.6 Å². The molecule has 0 saturated carbocycles. The van der Waals surface area contributed by atoms with Gasteiger partial charge in [-0.1, -0.05) is 30.7 Å². The number of hydrogen-bond acceptors (Lipinski definition) is 3. The van der Waals surface area contributed by atoms with Gasteiger partial charge in [0.25, 0.3) is 0 Å². The Balaban J connectivity index is 2.41. The van der Waals surface area contributed by atoms with Crippen LogP contribution in [0.2, 0.25) is 5.02 Å². The molecule has 1 aliphatic rings. The molecule has 2 rings (SSSR count). The highest BCUT2D eigenvalue weighted by atomic mass is 35.5. The van der Waals surface area contributed by atoms with E-state index in [1.807, 2.05) is 12.1 Å². The highest BCUT2D eigenvalue weighted by Gasteiger charge is 2.32. The van der Waals surface area contributed by atoms with E-state index >= 15 is 0 Å². The van der Waals surface area contributed by atoms with Crippen LogP contribution >= 0.6 is 23.8 Å². The van der Waals surface area contributed by atoms with E-state index in [2.05, 4.69) is 11.8 Å². The van der Waals surface area contributed by atoms with E-state index in [1.54, 1.807) is 6.07 Å². The van der Waals surface area contributed by atoms with Crippen molar-refractivity contribution in [1.29, 1.82) is 0 Å². The van der Waals surface area contributed by atoms with Gasteiger partial charge >= 0.3 is 0 Å². The van der Waals surface area contributed by atoms with Crippen LogP contribution in [0.4, 0.5) is 5.69 Å². The lowest BCUT2D eigenvalue weighted by molar-refractivity contribution is 0.245. The number of hydrogen-bond donors (Lipinski definition) is 2. The summed E-state index contributed by atoms with van der Waals surface area (Å²) in [7, 11) is 0. The second kappa shape index (κ2) is 5.43. The molecule has 1 saturated heterocycles. The zero-order valence-corrected chi connectivity index (χ0v) is 11.8. The van der Waals surface area contributed by atoms with Crippen LogP contribution in [0.5, 0.6) is 0 Å². The van der Waals surface area contributed by atoms with Crippen LogP contribution in [0.3, 0.4) is 0 Å². The van der Waals surface area contributed by atoms with Crippen LogP contribution in [0.15, 0.2) is 18.2 Å². The maximum absolute atomic E-state index is 9.52. The van der Waals surface area contributed by atoms with Gasteiger partial charge in [0.2, 0.25) is 0 Å². The second-order valence-corrected chi connectivity index (χ2v) is 5.61. The van der Waals surface area contributed by atoms with E-state index in [0.29, 0.717) is 15.9 Å². The Hall–Kier alpha value is -0.840. The number of thiocarbonyl (C=S) groups is 1. The molecule has 1 aromatic rings. The van der Waals surface area contributed by atoms with Crippen molar-refractivity contribution >= 4 is 34.5 Å². The van der Waals surface area contributed by atoms with Gasteiger partial charge < -0.3 is 15.7 Å². The maximum atomic E-state index is 9.52. The van der Waals surface area contributed by atoms with Crippen molar-refractivity contribution in [2.75, 3.05) is 18.1 Å².